The molecule has 2 heterocycles. The van der Waals surface area contributed by atoms with Crippen molar-refractivity contribution >= 4 is 16.9 Å². The standard InChI is InChI=1S/C12H16N4O2/c1-6-4-8(11(18)10(6)17)16-5-15-9-7(16)2-3-14-12(9)13/h2-3,5-6,8,10-11,17-18H,4H2,1H3,(H2,13,14)/t6-,8+,10-,11?/m0/s1. The molecule has 6 heteroatoms. The Morgan fingerprint density at radius 1 is 1.33 bits per heavy atom. The van der Waals surface area contributed by atoms with Crippen LogP contribution < -0.4 is 5.73 Å². The molecule has 96 valence electrons. The molecule has 18 heavy (non-hydrogen) atoms. The number of rotatable bonds is 1. The Balaban J connectivity index is 2.08. The number of aliphatic hydroxyl groups is 2. The summed E-state index contributed by atoms with van der Waals surface area (Å²) >= 11 is 0. The summed E-state index contributed by atoms with van der Waals surface area (Å²) in [5, 5.41) is 19.9. The first-order valence-corrected chi connectivity index (χ1v) is 6.02. The molecule has 4 atom stereocenters. The minimum absolute atomic E-state index is 0.0710. The topological polar surface area (TPSA) is 97.2 Å². The molecule has 3 rings (SSSR count). The number of hydrogen-bond donors (Lipinski definition) is 3. The van der Waals surface area contributed by atoms with Crippen LogP contribution in [0, 0.1) is 5.92 Å². The molecule has 4 N–H and O–H groups in total. The van der Waals surface area contributed by atoms with E-state index in [0.717, 1.165) is 11.9 Å². The van der Waals surface area contributed by atoms with E-state index in [1.54, 1.807) is 12.5 Å². The molecule has 0 amide bonds. The van der Waals surface area contributed by atoms with Gasteiger partial charge in [-0.3, -0.25) is 0 Å². The van der Waals surface area contributed by atoms with Gasteiger partial charge in [0.1, 0.15) is 11.6 Å². The Bertz CT molecular complexity index is 582. The van der Waals surface area contributed by atoms with E-state index in [-0.39, 0.29) is 12.0 Å². The fourth-order valence-corrected chi connectivity index (χ4v) is 2.75. The first-order chi connectivity index (χ1) is 8.59. The lowest BCUT2D eigenvalue weighted by atomic mass is 10.1. The van der Waals surface area contributed by atoms with E-state index in [1.807, 2.05) is 17.6 Å². The summed E-state index contributed by atoms with van der Waals surface area (Å²) in [4.78, 5) is 8.22. The van der Waals surface area contributed by atoms with Gasteiger partial charge in [-0.25, -0.2) is 9.97 Å². The highest BCUT2D eigenvalue weighted by molar-refractivity contribution is 5.84. The van der Waals surface area contributed by atoms with E-state index in [1.165, 1.54) is 0 Å². The second kappa shape index (κ2) is 3.93. The van der Waals surface area contributed by atoms with Crippen LogP contribution in [0.2, 0.25) is 0 Å². The van der Waals surface area contributed by atoms with E-state index in [4.69, 9.17) is 5.73 Å². The number of nitrogen functional groups attached to an aromatic ring is 1. The SMILES string of the molecule is C[C@H]1C[C@@H](n2cnc3c(N)nccc32)C(O)[C@H]1O. The Labute approximate surface area is 104 Å². The molecule has 1 fully saturated rings. The molecular weight excluding hydrogens is 232 g/mol. The lowest BCUT2D eigenvalue weighted by molar-refractivity contribution is 0.00971. The molecule has 2 aromatic rings. The van der Waals surface area contributed by atoms with E-state index in [0.29, 0.717) is 11.3 Å². The highest BCUT2D eigenvalue weighted by Gasteiger charge is 2.40. The third kappa shape index (κ3) is 1.49. The zero-order chi connectivity index (χ0) is 12.9. The molecular formula is C12H16N4O2. The van der Waals surface area contributed by atoms with Gasteiger partial charge in [-0.2, -0.15) is 0 Å². The van der Waals surface area contributed by atoms with Gasteiger partial charge in [-0.05, 0) is 18.4 Å². The van der Waals surface area contributed by atoms with E-state index in [2.05, 4.69) is 9.97 Å². The number of aliphatic hydroxyl groups excluding tert-OH is 2. The summed E-state index contributed by atoms with van der Waals surface area (Å²) in [6, 6.07) is 1.66. The van der Waals surface area contributed by atoms with Gasteiger partial charge in [0.25, 0.3) is 0 Å². The van der Waals surface area contributed by atoms with Crippen LogP contribution in [-0.2, 0) is 0 Å². The monoisotopic (exact) mass is 248 g/mol. The summed E-state index contributed by atoms with van der Waals surface area (Å²) in [5.74, 6) is 0.453. The number of fused-ring (bicyclic) bond motifs is 1. The molecule has 0 aromatic carbocycles. The molecule has 1 unspecified atom stereocenters. The van der Waals surface area contributed by atoms with Gasteiger partial charge < -0.3 is 20.5 Å². The zero-order valence-corrected chi connectivity index (χ0v) is 10.1. The number of pyridine rings is 1. The van der Waals surface area contributed by atoms with E-state index in [9.17, 15) is 10.2 Å². The zero-order valence-electron chi connectivity index (χ0n) is 10.1. The molecule has 1 aliphatic carbocycles. The number of aromatic nitrogens is 3. The average molecular weight is 248 g/mol. The molecule has 1 saturated carbocycles. The van der Waals surface area contributed by atoms with Crippen LogP contribution in [0.25, 0.3) is 11.0 Å². The quantitative estimate of drug-likeness (QED) is 0.675. The Kier molecular flexibility index (Phi) is 2.49. The largest absolute Gasteiger partial charge is 0.390 e. The van der Waals surface area contributed by atoms with Crippen molar-refractivity contribution in [2.24, 2.45) is 5.92 Å². The Morgan fingerprint density at radius 2 is 2.11 bits per heavy atom. The van der Waals surface area contributed by atoms with Crippen LogP contribution in [-0.4, -0.2) is 37.0 Å². The molecule has 0 radical (unpaired) electrons. The second-order valence-corrected chi connectivity index (χ2v) is 4.98. The van der Waals surface area contributed by atoms with Crippen LogP contribution in [0.1, 0.15) is 19.4 Å². The van der Waals surface area contributed by atoms with E-state index < -0.39 is 12.2 Å². The fraction of sp³-hybridized carbons (Fsp3) is 0.500. The van der Waals surface area contributed by atoms with Crippen LogP contribution in [0.15, 0.2) is 18.6 Å². The van der Waals surface area contributed by atoms with Gasteiger partial charge in [-0.1, -0.05) is 6.92 Å². The van der Waals surface area contributed by atoms with Crippen molar-refractivity contribution < 1.29 is 10.2 Å². The third-order valence-electron chi connectivity index (χ3n) is 3.82. The van der Waals surface area contributed by atoms with Crippen molar-refractivity contribution in [2.75, 3.05) is 5.73 Å². The van der Waals surface area contributed by atoms with Crippen LogP contribution in [0.4, 0.5) is 5.82 Å². The van der Waals surface area contributed by atoms with Gasteiger partial charge in [0, 0.05) is 6.20 Å². The minimum Gasteiger partial charge on any atom is -0.390 e. The van der Waals surface area contributed by atoms with Crippen LogP contribution >= 0.6 is 0 Å². The second-order valence-electron chi connectivity index (χ2n) is 4.98. The number of nitrogens with two attached hydrogens (primary N) is 1. The number of nitrogens with zero attached hydrogens (tertiary/aromatic N) is 3. The maximum Gasteiger partial charge on any atom is 0.151 e. The van der Waals surface area contributed by atoms with Crippen LogP contribution in [0.5, 0.6) is 0 Å². The molecule has 0 spiro atoms. The third-order valence-corrected chi connectivity index (χ3v) is 3.82. The van der Waals surface area contributed by atoms with Gasteiger partial charge in [0.05, 0.1) is 24.0 Å². The van der Waals surface area contributed by atoms with Crippen molar-refractivity contribution in [3.05, 3.63) is 18.6 Å². The smallest absolute Gasteiger partial charge is 0.151 e. The lowest BCUT2D eigenvalue weighted by Crippen LogP contribution is -2.28. The maximum absolute atomic E-state index is 10.1. The lowest BCUT2D eigenvalue weighted by Gasteiger charge is -2.18. The summed E-state index contributed by atoms with van der Waals surface area (Å²) in [5.41, 5.74) is 7.24. The van der Waals surface area contributed by atoms with Crippen molar-refractivity contribution in [1.29, 1.82) is 0 Å². The van der Waals surface area contributed by atoms with Gasteiger partial charge in [0.15, 0.2) is 5.82 Å². The summed E-state index contributed by atoms with van der Waals surface area (Å²) < 4.78 is 1.88. The van der Waals surface area contributed by atoms with Crippen LogP contribution in [0.3, 0.4) is 0 Å². The summed E-state index contributed by atoms with van der Waals surface area (Å²) in [6.07, 6.45) is 2.53. The Hall–Kier alpha value is -1.66. The molecule has 0 saturated heterocycles. The molecule has 6 nitrogen and oxygen atoms in total. The van der Waals surface area contributed by atoms with Gasteiger partial charge in [-0.15, -0.1) is 0 Å². The molecule has 0 aliphatic heterocycles. The Morgan fingerprint density at radius 3 is 2.78 bits per heavy atom. The fourth-order valence-electron chi connectivity index (χ4n) is 2.75. The minimum atomic E-state index is -0.771. The maximum atomic E-state index is 10.1. The summed E-state index contributed by atoms with van der Waals surface area (Å²) in [7, 11) is 0. The van der Waals surface area contributed by atoms with Gasteiger partial charge in [0.2, 0.25) is 0 Å². The number of anilines is 1. The number of imidazole rings is 1. The molecule has 0 bridgehead atoms. The normalized spacial score (nSPS) is 32.2. The average Bonchev–Trinajstić information content (AvgIpc) is 2.88. The van der Waals surface area contributed by atoms with Crippen molar-refractivity contribution in [3.63, 3.8) is 0 Å². The highest BCUT2D eigenvalue weighted by atomic mass is 16.3. The van der Waals surface area contributed by atoms with Crippen molar-refractivity contribution in [3.8, 4) is 0 Å². The highest BCUT2D eigenvalue weighted by Crippen LogP contribution is 2.36. The van der Waals surface area contributed by atoms with E-state index >= 15 is 0 Å². The predicted molar refractivity (Wildman–Crippen MR) is 66.8 cm³/mol. The van der Waals surface area contributed by atoms with Crippen molar-refractivity contribution in [1.82, 2.24) is 14.5 Å². The predicted octanol–water partition coefficient (Wildman–Crippen LogP) is 0.316. The molecule has 2 aromatic heterocycles. The first kappa shape index (κ1) is 11.4. The van der Waals surface area contributed by atoms with Gasteiger partial charge >= 0.3 is 0 Å². The molecule has 1 aliphatic rings. The number of hydrogen-bond acceptors (Lipinski definition) is 5. The first-order valence-electron chi connectivity index (χ1n) is 6.02. The van der Waals surface area contributed by atoms with Crippen molar-refractivity contribution in [2.45, 2.75) is 31.6 Å². The summed E-state index contributed by atoms with van der Waals surface area (Å²) in [6.45, 7) is 1.93.